The van der Waals surface area contributed by atoms with Gasteiger partial charge in [0.15, 0.2) is 18.2 Å². The Hall–Kier alpha value is -1.95. The van der Waals surface area contributed by atoms with Gasteiger partial charge in [-0.25, -0.2) is 4.39 Å². The summed E-state index contributed by atoms with van der Waals surface area (Å²) < 4.78 is 24.2. The van der Waals surface area contributed by atoms with Gasteiger partial charge in [0.1, 0.15) is 0 Å². The lowest BCUT2D eigenvalue weighted by molar-refractivity contribution is 0.247. The van der Waals surface area contributed by atoms with Crippen molar-refractivity contribution in [1.82, 2.24) is 10.2 Å². The molecule has 2 aromatic rings. The van der Waals surface area contributed by atoms with Crippen LogP contribution in [0, 0.1) is 12.7 Å². The first-order valence-corrected chi connectivity index (χ1v) is 5.60. The molecule has 2 rings (SSSR count). The normalized spacial score (nSPS) is 10.6. The van der Waals surface area contributed by atoms with Crippen molar-refractivity contribution in [3.63, 3.8) is 0 Å². The Bertz CT molecular complexity index is 528. The largest absolute Gasteiger partial charge is 0.480 e. The number of benzene rings is 1. The molecule has 0 bridgehead atoms. The van der Waals surface area contributed by atoms with Crippen LogP contribution in [0.25, 0.3) is 0 Å². The summed E-state index contributed by atoms with van der Waals surface area (Å²) in [4.78, 5) is 0. The van der Waals surface area contributed by atoms with Crippen molar-refractivity contribution in [2.75, 3.05) is 6.54 Å². The minimum atomic E-state index is -0.419. The monoisotopic (exact) mass is 251 g/mol. The molecule has 5 nitrogen and oxygen atoms in total. The Morgan fingerprint density at radius 2 is 2.22 bits per heavy atom. The third-order valence-corrected chi connectivity index (χ3v) is 2.37. The minimum absolute atomic E-state index is 0.0410. The van der Waals surface area contributed by atoms with Crippen LogP contribution in [0.3, 0.4) is 0 Å². The van der Waals surface area contributed by atoms with Gasteiger partial charge in [0.25, 0.3) is 5.89 Å². The predicted octanol–water partition coefficient (Wildman–Crippen LogP) is 1.60. The molecule has 0 aliphatic heterocycles. The van der Waals surface area contributed by atoms with E-state index in [2.05, 4.69) is 10.2 Å². The van der Waals surface area contributed by atoms with Gasteiger partial charge in [-0.05, 0) is 24.6 Å². The molecule has 96 valence electrons. The summed E-state index contributed by atoms with van der Waals surface area (Å²) in [5, 5.41) is 7.45. The van der Waals surface area contributed by atoms with Gasteiger partial charge in [-0.1, -0.05) is 12.1 Å². The van der Waals surface area contributed by atoms with Crippen molar-refractivity contribution in [2.45, 2.75) is 20.0 Å². The zero-order valence-corrected chi connectivity index (χ0v) is 10.0. The number of aromatic nitrogens is 2. The van der Waals surface area contributed by atoms with Crippen LogP contribution >= 0.6 is 0 Å². The van der Waals surface area contributed by atoms with Crippen LogP contribution in [0.1, 0.15) is 17.3 Å². The standard InChI is InChI=1S/C12H14FN3O2/c1-8-15-16-11(18-8)7-17-12-9(5-6-14)3-2-4-10(12)13/h2-4H,5-7,14H2,1H3. The van der Waals surface area contributed by atoms with E-state index >= 15 is 0 Å². The summed E-state index contributed by atoms with van der Waals surface area (Å²) in [5.41, 5.74) is 6.20. The van der Waals surface area contributed by atoms with Crippen LogP contribution in [0.5, 0.6) is 5.75 Å². The van der Waals surface area contributed by atoms with Gasteiger partial charge in [-0.2, -0.15) is 0 Å². The maximum absolute atomic E-state index is 13.6. The van der Waals surface area contributed by atoms with Crippen molar-refractivity contribution in [1.29, 1.82) is 0 Å². The van der Waals surface area contributed by atoms with E-state index in [4.69, 9.17) is 14.9 Å². The molecule has 1 aromatic carbocycles. The van der Waals surface area contributed by atoms with Crippen LogP contribution in [0.4, 0.5) is 4.39 Å². The number of aryl methyl sites for hydroxylation is 1. The molecule has 0 aliphatic carbocycles. The van der Waals surface area contributed by atoms with E-state index in [0.29, 0.717) is 24.7 Å². The Kier molecular flexibility index (Phi) is 3.88. The van der Waals surface area contributed by atoms with Gasteiger partial charge in [-0.15, -0.1) is 10.2 Å². The van der Waals surface area contributed by atoms with E-state index in [0.717, 1.165) is 5.56 Å². The average Bonchev–Trinajstić information content (AvgIpc) is 2.75. The van der Waals surface area contributed by atoms with Crippen molar-refractivity contribution < 1.29 is 13.5 Å². The molecular weight excluding hydrogens is 237 g/mol. The van der Waals surface area contributed by atoms with Crippen LogP contribution < -0.4 is 10.5 Å². The summed E-state index contributed by atoms with van der Waals surface area (Å²) in [7, 11) is 0. The summed E-state index contributed by atoms with van der Waals surface area (Å²) in [5.74, 6) is 0.537. The van der Waals surface area contributed by atoms with Crippen LogP contribution in [-0.4, -0.2) is 16.7 Å². The first-order chi connectivity index (χ1) is 8.70. The van der Waals surface area contributed by atoms with Gasteiger partial charge in [0, 0.05) is 6.92 Å². The number of rotatable bonds is 5. The molecule has 0 spiro atoms. The van der Waals surface area contributed by atoms with Crippen molar-refractivity contribution in [3.8, 4) is 5.75 Å². The van der Waals surface area contributed by atoms with Gasteiger partial charge in [-0.3, -0.25) is 0 Å². The lowest BCUT2D eigenvalue weighted by atomic mass is 10.1. The van der Waals surface area contributed by atoms with E-state index in [1.54, 1.807) is 19.1 Å². The SMILES string of the molecule is Cc1nnc(COc2c(F)cccc2CCN)o1. The first-order valence-electron chi connectivity index (χ1n) is 5.60. The zero-order chi connectivity index (χ0) is 13.0. The summed E-state index contributed by atoms with van der Waals surface area (Å²) in [6.07, 6.45) is 0.552. The Morgan fingerprint density at radius 1 is 1.39 bits per heavy atom. The van der Waals surface area contributed by atoms with E-state index in [-0.39, 0.29) is 12.4 Å². The van der Waals surface area contributed by atoms with E-state index in [1.807, 2.05) is 0 Å². The zero-order valence-electron chi connectivity index (χ0n) is 10.0. The third-order valence-electron chi connectivity index (χ3n) is 2.37. The number of ether oxygens (including phenoxy) is 1. The second-order valence-electron chi connectivity index (χ2n) is 3.77. The third kappa shape index (κ3) is 2.84. The topological polar surface area (TPSA) is 74.2 Å². The van der Waals surface area contributed by atoms with Gasteiger partial charge in [0.05, 0.1) is 0 Å². The summed E-state index contributed by atoms with van der Waals surface area (Å²) >= 11 is 0. The molecule has 0 saturated carbocycles. The molecule has 0 amide bonds. The Morgan fingerprint density at radius 3 is 2.89 bits per heavy atom. The maximum Gasteiger partial charge on any atom is 0.253 e. The van der Waals surface area contributed by atoms with Crippen molar-refractivity contribution in [2.24, 2.45) is 5.73 Å². The fraction of sp³-hybridized carbons (Fsp3) is 0.333. The number of hydrogen-bond acceptors (Lipinski definition) is 5. The highest BCUT2D eigenvalue weighted by Gasteiger charge is 2.11. The number of hydrogen-bond donors (Lipinski definition) is 1. The number of para-hydroxylation sites is 1. The minimum Gasteiger partial charge on any atom is -0.480 e. The van der Waals surface area contributed by atoms with Gasteiger partial charge in [0.2, 0.25) is 5.89 Å². The summed E-state index contributed by atoms with van der Waals surface area (Å²) in [6.45, 7) is 2.15. The number of halogens is 1. The lowest BCUT2D eigenvalue weighted by Crippen LogP contribution is -2.07. The highest BCUT2D eigenvalue weighted by Crippen LogP contribution is 2.23. The highest BCUT2D eigenvalue weighted by molar-refractivity contribution is 5.35. The molecule has 0 saturated heterocycles. The molecule has 1 heterocycles. The van der Waals surface area contributed by atoms with E-state index in [9.17, 15) is 4.39 Å². The summed E-state index contributed by atoms with van der Waals surface area (Å²) in [6, 6.07) is 4.75. The molecule has 6 heteroatoms. The molecule has 0 aliphatic rings. The maximum atomic E-state index is 13.6. The van der Waals surface area contributed by atoms with Crippen LogP contribution in [-0.2, 0) is 13.0 Å². The Labute approximate surface area is 104 Å². The average molecular weight is 251 g/mol. The lowest BCUT2D eigenvalue weighted by Gasteiger charge is -2.10. The smallest absolute Gasteiger partial charge is 0.253 e. The van der Waals surface area contributed by atoms with Crippen molar-refractivity contribution in [3.05, 3.63) is 41.4 Å². The number of nitrogens with two attached hydrogens (primary N) is 1. The first kappa shape index (κ1) is 12.5. The second-order valence-corrected chi connectivity index (χ2v) is 3.77. The predicted molar refractivity (Wildman–Crippen MR) is 62.5 cm³/mol. The fourth-order valence-corrected chi connectivity index (χ4v) is 1.60. The molecule has 0 atom stereocenters. The van der Waals surface area contributed by atoms with Gasteiger partial charge < -0.3 is 14.9 Å². The highest BCUT2D eigenvalue weighted by atomic mass is 19.1. The molecule has 2 N–H and O–H groups in total. The van der Waals surface area contributed by atoms with E-state index < -0.39 is 5.82 Å². The van der Waals surface area contributed by atoms with Crippen LogP contribution in [0.15, 0.2) is 22.6 Å². The Balaban J connectivity index is 2.12. The molecule has 1 aromatic heterocycles. The van der Waals surface area contributed by atoms with Crippen LogP contribution in [0.2, 0.25) is 0 Å². The van der Waals surface area contributed by atoms with Gasteiger partial charge >= 0.3 is 0 Å². The fourth-order valence-electron chi connectivity index (χ4n) is 1.60. The van der Waals surface area contributed by atoms with E-state index in [1.165, 1.54) is 6.07 Å². The molecule has 0 radical (unpaired) electrons. The molecule has 0 fully saturated rings. The molecule has 0 unspecified atom stereocenters. The number of nitrogens with zero attached hydrogens (tertiary/aromatic N) is 2. The molecular formula is C12H14FN3O2. The van der Waals surface area contributed by atoms with Crippen molar-refractivity contribution >= 4 is 0 Å². The quantitative estimate of drug-likeness (QED) is 0.873. The molecule has 18 heavy (non-hydrogen) atoms. The second kappa shape index (κ2) is 5.59.